The van der Waals surface area contributed by atoms with Crippen LogP contribution in [0.5, 0.6) is 5.75 Å². The first-order chi connectivity index (χ1) is 13.3. The molecule has 0 unspecified atom stereocenters. The number of rotatable bonds is 7. The van der Waals surface area contributed by atoms with Crippen molar-refractivity contribution in [3.63, 3.8) is 0 Å². The molecule has 1 aromatic heterocycles. The molecule has 0 saturated carbocycles. The highest BCUT2D eigenvalue weighted by Crippen LogP contribution is 2.15. The molecule has 2 rings (SSSR count). The van der Waals surface area contributed by atoms with Crippen LogP contribution in [0.4, 0.5) is 16.2 Å². The van der Waals surface area contributed by atoms with Crippen LogP contribution in [0.2, 0.25) is 0 Å². The van der Waals surface area contributed by atoms with Gasteiger partial charge < -0.3 is 25.3 Å². The topological polar surface area (TPSA) is 101 Å². The van der Waals surface area contributed by atoms with Crippen molar-refractivity contribution in [3.8, 4) is 5.75 Å². The fraction of sp³-hybridized carbons (Fsp3) is 0.350. The van der Waals surface area contributed by atoms with E-state index in [1.165, 1.54) is 10.6 Å². The van der Waals surface area contributed by atoms with Crippen molar-refractivity contribution >= 4 is 23.3 Å². The maximum atomic E-state index is 12.7. The van der Waals surface area contributed by atoms with Gasteiger partial charge in [0.15, 0.2) is 0 Å². The fourth-order valence-corrected chi connectivity index (χ4v) is 2.44. The van der Waals surface area contributed by atoms with E-state index in [1.54, 1.807) is 44.4 Å². The van der Waals surface area contributed by atoms with Gasteiger partial charge in [-0.3, -0.25) is 9.59 Å². The van der Waals surface area contributed by atoms with Crippen molar-refractivity contribution in [2.45, 2.75) is 27.3 Å². The van der Waals surface area contributed by atoms with E-state index in [9.17, 15) is 14.4 Å². The number of carbonyl (C=O) groups is 2. The Kier molecular flexibility index (Phi) is 7.20. The van der Waals surface area contributed by atoms with Crippen LogP contribution in [0.15, 0.2) is 41.2 Å². The number of benzene rings is 1. The first kappa shape index (κ1) is 21.0. The van der Waals surface area contributed by atoms with Gasteiger partial charge in [-0.1, -0.05) is 13.8 Å². The molecule has 0 atom stereocenters. The molecule has 1 heterocycles. The molecule has 28 heavy (non-hydrogen) atoms. The Hall–Kier alpha value is -3.29. The average Bonchev–Trinajstić information content (AvgIpc) is 2.66. The van der Waals surface area contributed by atoms with Crippen molar-refractivity contribution in [2.24, 2.45) is 5.92 Å². The zero-order valence-electron chi connectivity index (χ0n) is 16.5. The van der Waals surface area contributed by atoms with E-state index >= 15 is 0 Å². The monoisotopic (exact) mass is 386 g/mol. The molecular formula is C20H26N4O4. The number of aryl methyl sites for hydroxylation is 1. The van der Waals surface area contributed by atoms with Crippen LogP contribution in [-0.2, 0) is 11.3 Å². The Morgan fingerprint density at radius 1 is 1.07 bits per heavy atom. The van der Waals surface area contributed by atoms with Gasteiger partial charge in [0.1, 0.15) is 18.0 Å². The second-order valence-electron chi connectivity index (χ2n) is 6.79. The van der Waals surface area contributed by atoms with Gasteiger partial charge in [-0.05, 0) is 49.2 Å². The van der Waals surface area contributed by atoms with Crippen molar-refractivity contribution < 1.29 is 14.3 Å². The minimum atomic E-state index is -0.554. The van der Waals surface area contributed by atoms with Crippen LogP contribution in [0.1, 0.15) is 19.5 Å². The van der Waals surface area contributed by atoms with Crippen LogP contribution in [-0.4, -0.2) is 30.2 Å². The zero-order chi connectivity index (χ0) is 20.7. The largest absolute Gasteiger partial charge is 0.497 e. The SMILES string of the molecule is COc1ccc(NC(=O)Nc2ccc(C)n(CC(=O)NCC(C)C)c2=O)cc1. The number of aromatic nitrogens is 1. The third-order valence-electron chi connectivity index (χ3n) is 4.00. The number of ether oxygens (including phenoxy) is 1. The summed E-state index contributed by atoms with van der Waals surface area (Å²) in [7, 11) is 1.56. The van der Waals surface area contributed by atoms with Gasteiger partial charge in [0.05, 0.1) is 7.11 Å². The van der Waals surface area contributed by atoms with Crippen LogP contribution >= 0.6 is 0 Å². The average molecular weight is 386 g/mol. The summed E-state index contributed by atoms with van der Waals surface area (Å²) in [6, 6.07) is 9.44. The van der Waals surface area contributed by atoms with E-state index in [2.05, 4.69) is 16.0 Å². The lowest BCUT2D eigenvalue weighted by Crippen LogP contribution is -2.36. The minimum absolute atomic E-state index is 0.0910. The van der Waals surface area contributed by atoms with E-state index in [-0.39, 0.29) is 18.1 Å². The summed E-state index contributed by atoms with van der Waals surface area (Å²) in [5, 5.41) is 7.95. The second-order valence-corrected chi connectivity index (χ2v) is 6.79. The predicted octanol–water partition coefficient (Wildman–Crippen LogP) is 2.58. The normalized spacial score (nSPS) is 10.5. The van der Waals surface area contributed by atoms with E-state index < -0.39 is 11.6 Å². The molecule has 0 spiro atoms. The van der Waals surface area contributed by atoms with Crippen molar-refractivity contribution in [1.29, 1.82) is 0 Å². The predicted molar refractivity (Wildman–Crippen MR) is 109 cm³/mol. The van der Waals surface area contributed by atoms with E-state index in [1.807, 2.05) is 13.8 Å². The number of hydrogen-bond acceptors (Lipinski definition) is 4. The number of carbonyl (C=O) groups excluding carboxylic acids is 2. The molecule has 150 valence electrons. The number of pyridine rings is 1. The molecule has 2 aromatic rings. The van der Waals surface area contributed by atoms with Crippen LogP contribution in [0.25, 0.3) is 0 Å². The Bertz CT molecular complexity index is 888. The van der Waals surface area contributed by atoms with Crippen LogP contribution < -0.4 is 26.2 Å². The minimum Gasteiger partial charge on any atom is -0.497 e. The molecule has 0 radical (unpaired) electrons. The number of urea groups is 1. The first-order valence-electron chi connectivity index (χ1n) is 8.99. The smallest absolute Gasteiger partial charge is 0.323 e. The van der Waals surface area contributed by atoms with E-state index in [0.717, 1.165) is 0 Å². The lowest BCUT2D eigenvalue weighted by molar-refractivity contribution is -0.121. The van der Waals surface area contributed by atoms with Crippen molar-refractivity contribution in [1.82, 2.24) is 9.88 Å². The third kappa shape index (κ3) is 5.87. The van der Waals surface area contributed by atoms with Gasteiger partial charge in [-0.2, -0.15) is 0 Å². The van der Waals surface area contributed by atoms with Gasteiger partial charge in [0.2, 0.25) is 5.91 Å². The molecule has 0 aliphatic heterocycles. The Morgan fingerprint density at radius 2 is 1.75 bits per heavy atom. The van der Waals surface area contributed by atoms with Crippen LogP contribution in [0, 0.1) is 12.8 Å². The molecule has 0 bridgehead atoms. The zero-order valence-corrected chi connectivity index (χ0v) is 16.5. The number of methoxy groups -OCH3 is 1. The quantitative estimate of drug-likeness (QED) is 0.681. The fourth-order valence-electron chi connectivity index (χ4n) is 2.44. The highest BCUT2D eigenvalue weighted by atomic mass is 16.5. The van der Waals surface area contributed by atoms with Crippen LogP contribution in [0.3, 0.4) is 0 Å². The number of nitrogens with zero attached hydrogens (tertiary/aromatic N) is 1. The van der Waals surface area contributed by atoms with Crippen molar-refractivity contribution in [3.05, 3.63) is 52.4 Å². The van der Waals surface area contributed by atoms with Gasteiger partial charge in [0, 0.05) is 17.9 Å². The number of nitrogens with one attached hydrogen (secondary N) is 3. The molecule has 0 fully saturated rings. The number of amides is 3. The molecule has 8 heteroatoms. The highest BCUT2D eigenvalue weighted by molar-refractivity contribution is 5.99. The molecule has 3 N–H and O–H groups in total. The highest BCUT2D eigenvalue weighted by Gasteiger charge is 2.12. The molecule has 0 saturated heterocycles. The molecule has 0 aliphatic carbocycles. The van der Waals surface area contributed by atoms with Crippen molar-refractivity contribution in [2.75, 3.05) is 24.3 Å². The van der Waals surface area contributed by atoms with E-state index in [4.69, 9.17) is 4.74 Å². The second kappa shape index (κ2) is 9.59. The van der Waals surface area contributed by atoms with E-state index in [0.29, 0.717) is 29.6 Å². The van der Waals surface area contributed by atoms with Gasteiger partial charge >= 0.3 is 6.03 Å². The maximum absolute atomic E-state index is 12.7. The van der Waals surface area contributed by atoms with Gasteiger partial charge in [-0.15, -0.1) is 0 Å². The molecule has 1 aromatic carbocycles. The Morgan fingerprint density at radius 3 is 2.36 bits per heavy atom. The summed E-state index contributed by atoms with van der Waals surface area (Å²) >= 11 is 0. The summed E-state index contributed by atoms with van der Waals surface area (Å²) in [5.41, 5.74) is 0.836. The Balaban J connectivity index is 2.07. The lowest BCUT2D eigenvalue weighted by atomic mass is 10.2. The summed E-state index contributed by atoms with van der Waals surface area (Å²) in [6.07, 6.45) is 0. The molecule has 3 amide bonds. The standard InChI is InChI=1S/C20H26N4O4/c1-13(2)11-21-18(25)12-24-14(3)5-10-17(19(24)26)23-20(27)22-15-6-8-16(28-4)9-7-15/h5-10,13H,11-12H2,1-4H3,(H,21,25)(H2,22,23,27). The van der Waals surface area contributed by atoms with Gasteiger partial charge in [-0.25, -0.2) is 4.79 Å². The Labute approximate surface area is 163 Å². The molecular weight excluding hydrogens is 360 g/mol. The lowest BCUT2D eigenvalue weighted by Gasteiger charge is -2.14. The summed E-state index contributed by atoms with van der Waals surface area (Å²) in [4.78, 5) is 36.9. The number of anilines is 2. The third-order valence-corrected chi connectivity index (χ3v) is 4.00. The molecule has 8 nitrogen and oxygen atoms in total. The van der Waals surface area contributed by atoms with Gasteiger partial charge in [0.25, 0.3) is 5.56 Å². The summed E-state index contributed by atoms with van der Waals surface area (Å²) < 4.78 is 6.40. The maximum Gasteiger partial charge on any atom is 0.323 e. The summed E-state index contributed by atoms with van der Waals surface area (Å²) in [6.45, 7) is 6.15. The molecule has 0 aliphatic rings. The summed E-state index contributed by atoms with van der Waals surface area (Å²) in [5.74, 6) is 0.735. The first-order valence-corrected chi connectivity index (χ1v) is 8.99. The number of hydrogen-bond donors (Lipinski definition) is 3.